The van der Waals surface area contributed by atoms with Gasteiger partial charge in [0.15, 0.2) is 5.82 Å². The van der Waals surface area contributed by atoms with E-state index in [1.807, 2.05) is 61.5 Å². The predicted molar refractivity (Wildman–Crippen MR) is 104 cm³/mol. The molecule has 0 saturated carbocycles. The zero-order valence-electron chi connectivity index (χ0n) is 14.8. The molecule has 0 aliphatic rings. The lowest BCUT2D eigenvalue weighted by molar-refractivity contribution is 0.341. The van der Waals surface area contributed by atoms with E-state index in [4.69, 9.17) is 4.74 Å². The second kappa shape index (κ2) is 7.33. The summed E-state index contributed by atoms with van der Waals surface area (Å²) >= 11 is 0. The molecule has 0 saturated heterocycles. The predicted octanol–water partition coefficient (Wildman–Crippen LogP) is 3.10. The molecule has 2 N–H and O–H groups in total. The lowest BCUT2D eigenvalue weighted by atomic mass is 10.2. The Morgan fingerprint density at radius 2 is 1.85 bits per heavy atom. The number of nitrogens with zero attached hydrogens (tertiary/aromatic N) is 3. The zero-order valence-corrected chi connectivity index (χ0v) is 14.8. The minimum Gasteiger partial charge on any atom is -0.492 e. The Morgan fingerprint density at radius 1 is 1.07 bits per heavy atom. The van der Waals surface area contributed by atoms with Crippen LogP contribution in [-0.4, -0.2) is 26.2 Å². The van der Waals surface area contributed by atoms with Gasteiger partial charge in [-0.05, 0) is 19.1 Å². The number of H-pyrrole nitrogens is 1. The van der Waals surface area contributed by atoms with Crippen LogP contribution in [0.15, 0.2) is 65.5 Å². The number of anilines is 1. The van der Waals surface area contributed by atoms with Gasteiger partial charge in [-0.25, -0.2) is 4.98 Å². The van der Waals surface area contributed by atoms with Crippen LogP contribution in [0.25, 0.3) is 17.2 Å². The number of rotatable bonds is 6. The summed E-state index contributed by atoms with van der Waals surface area (Å²) in [7, 11) is 0. The first-order valence-electron chi connectivity index (χ1n) is 8.74. The van der Waals surface area contributed by atoms with Crippen LogP contribution in [0.5, 0.6) is 5.75 Å². The number of hydrogen-bond acceptors (Lipinski definition) is 5. The average Bonchev–Trinajstić information content (AvgIpc) is 3.13. The molecule has 4 aromatic rings. The van der Waals surface area contributed by atoms with Gasteiger partial charge in [0.2, 0.25) is 0 Å². The molecular weight excluding hydrogens is 342 g/mol. The number of benzene rings is 2. The fourth-order valence-corrected chi connectivity index (χ4v) is 2.82. The van der Waals surface area contributed by atoms with Crippen LogP contribution < -0.4 is 15.6 Å². The highest BCUT2D eigenvalue weighted by Crippen LogP contribution is 2.24. The number of aromatic amines is 1. The summed E-state index contributed by atoms with van der Waals surface area (Å²) in [4.78, 5) is 21.4. The molecule has 7 heteroatoms. The molecule has 2 aromatic carbocycles. The summed E-state index contributed by atoms with van der Waals surface area (Å²) in [6.07, 6.45) is 0. The van der Waals surface area contributed by atoms with Gasteiger partial charge in [0.1, 0.15) is 5.75 Å². The van der Waals surface area contributed by atoms with Crippen LogP contribution in [0.2, 0.25) is 0 Å². The largest absolute Gasteiger partial charge is 0.492 e. The van der Waals surface area contributed by atoms with Crippen LogP contribution >= 0.6 is 0 Å². The van der Waals surface area contributed by atoms with Gasteiger partial charge in [-0.1, -0.05) is 42.5 Å². The minimum absolute atomic E-state index is 0.204. The number of para-hydroxylation sites is 2. The first-order valence-corrected chi connectivity index (χ1v) is 8.74. The van der Waals surface area contributed by atoms with E-state index in [9.17, 15) is 4.79 Å². The molecule has 4 rings (SSSR count). The Bertz CT molecular complexity index is 1120. The van der Waals surface area contributed by atoms with Gasteiger partial charge in [0.25, 0.3) is 11.3 Å². The average molecular weight is 361 g/mol. The maximum atomic E-state index is 12.4. The molecule has 0 atom stereocenters. The number of fused-ring (bicyclic) bond motifs is 1. The van der Waals surface area contributed by atoms with Crippen molar-refractivity contribution in [2.75, 3.05) is 11.9 Å². The maximum Gasteiger partial charge on any atom is 0.274 e. The Balaban J connectivity index is 1.61. The third-order valence-corrected chi connectivity index (χ3v) is 4.08. The summed E-state index contributed by atoms with van der Waals surface area (Å²) in [5.41, 5.74) is 2.16. The summed E-state index contributed by atoms with van der Waals surface area (Å²) in [5, 5.41) is 6.27. The fraction of sp³-hybridized carbons (Fsp3) is 0.150. The molecule has 0 aliphatic heterocycles. The van der Waals surface area contributed by atoms with E-state index in [1.54, 1.807) is 0 Å². The van der Waals surface area contributed by atoms with Crippen LogP contribution in [-0.2, 0) is 6.54 Å². The molecule has 0 bridgehead atoms. The van der Waals surface area contributed by atoms with Crippen LogP contribution in [0.3, 0.4) is 0 Å². The van der Waals surface area contributed by atoms with E-state index < -0.39 is 0 Å². The highest BCUT2D eigenvalue weighted by molar-refractivity contribution is 5.57. The molecule has 0 amide bonds. The molecule has 0 aliphatic carbocycles. The lowest BCUT2D eigenvalue weighted by Crippen LogP contribution is -2.17. The molecular formula is C20H19N5O2. The van der Waals surface area contributed by atoms with Crippen LogP contribution in [0.1, 0.15) is 12.6 Å². The molecule has 0 fully saturated rings. The first kappa shape index (κ1) is 16.8. The molecule has 0 radical (unpaired) electrons. The molecule has 136 valence electrons. The maximum absolute atomic E-state index is 12.4. The van der Waals surface area contributed by atoms with E-state index >= 15 is 0 Å². The van der Waals surface area contributed by atoms with Crippen LogP contribution in [0.4, 0.5) is 5.69 Å². The van der Waals surface area contributed by atoms with E-state index in [2.05, 4.69) is 20.4 Å². The van der Waals surface area contributed by atoms with Crippen molar-refractivity contribution in [3.05, 3.63) is 76.7 Å². The summed E-state index contributed by atoms with van der Waals surface area (Å²) in [6.45, 7) is 2.91. The molecule has 2 aromatic heterocycles. The SMILES string of the molecule is CCOc1ccccc1NCc1cc(=O)n2[nH]c(-c3ccccc3)nc2n1. The molecule has 7 nitrogen and oxygen atoms in total. The number of nitrogens with one attached hydrogen (secondary N) is 2. The van der Waals surface area contributed by atoms with Crippen LogP contribution in [0, 0.1) is 0 Å². The first-order chi connectivity index (χ1) is 13.2. The zero-order chi connectivity index (χ0) is 18.6. The van der Waals surface area contributed by atoms with Crippen molar-refractivity contribution in [3.63, 3.8) is 0 Å². The smallest absolute Gasteiger partial charge is 0.274 e. The fourth-order valence-electron chi connectivity index (χ4n) is 2.82. The lowest BCUT2D eigenvalue weighted by Gasteiger charge is -2.11. The quantitative estimate of drug-likeness (QED) is 0.551. The third kappa shape index (κ3) is 3.52. The van der Waals surface area contributed by atoms with Crippen molar-refractivity contribution < 1.29 is 4.74 Å². The van der Waals surface area contributed by atoms with Crippen molar-refractivity contribution in [2.24, 2.45) is 0 Å². The Hall–Kier alpha value is -3.61. The monoisotopic (exact) mass is 361 g/mol. The second-order valence-electron chi connectivity index (χ2n) is 5.94. The van der Waals surface area contributed by atoms with Gasteiger partial charge >= 0.3 is 0 Å². The van der Waals surface area contributed by atoms with Gasteiger partial charge in [0, 0.05) is 11.6 Å². The number of hydrogen-bond donors (Lipinski definition) is 2. The Labute approximate surface area is 155 Å². The molecule has 27 heavy (non-hydrogen) atoms. The van der Waals surface area contributed by atoms with Gasteiger partial charge in [-0.2, -0.15) is 9.50 Å². The number of aromatic nitrogens is 4. The van der Waals surface area contributed by atoms with Crippen molar-refractivity contribution in [2.45, 2.75) is 13.5 Å². The molecule has 2 heterocycles. The number of ether oxygens (including phenoxy) is 1. The van der Waals surface area contributed by atoms with Gasteiger partial charge in [-0.15, -0.1) is 0 Å². The molecule has 0 unspecified atom stereocenters. The highest BCUT2D eigenvalue weighted by atomic mass is 16.5. The van der Waals surface area contributed by atoms with E-state index in [0.29, 0.717) is 30.4 Å². The van der Waals surface area contributed by atoms with Crippen molar-refractivity contribution in [1.82, 2.24) is 19.6 Å². The summed E-state index contributed by atoms with van der Waals surface area (Å²) in [5.74, 6) is 1.71. The van der Waals surface area contributed by atoms with Gasteiger partial charge in [-0.3, -0.25) is 9.89 Å². The normalized spacial score (nSPS) is 10.9. The van der Waals surface area contributed by atoms with Crippen molar-refractivity contribution in [1.29, 1.82) is 0 Å². The van der Waals surface area contributed by atoms with E-state index in [0.717, 1.165) is 17.0 Å². The van der Waals surface area contributed by atoms with Crippen molar-refractivity contribution in [3.8, 4) is 17.1 Å². The standard InChI is InChI=1S/C20H19N5O2/c1-2-27-17-11-7-6-10-16(17)21-13-15-12-18(26)25-20(22-15)23-19(24-25)14-8-4-3-5-9-14/h3-12,21H,2,13H2,1H3,(H,22,23,24). The third-order valence-electron chi connectivity index (χ3n) is 4.08. The van der Waals surface area contributed by atoms with E-state index in [-0.39, 0.29) is 5.56 Å². The Kier molecular flexibility index (Phi) is 4.57. The summed E-state index contributed by atoms with van der Waals surface area (Å²) in [6, 6.07) is 18.8. The second-order valence-corrected chi connectivity index (χ2v) is 5.94. The topological polar surface area (TPSA) is 84.3 Å². The van der Waals surface area contributed by atoms with E-state index in [1.165, 1.54) is 10.6 Å². The Morgan fingerprint density at radius 3 is 2.67 bits per heavy atom. The van der Waals surface area contributed by atoms with Gasteiger partial charge < -0.3 is 10.1 Å². The van der Waals surface area contributed by atoms with Gasteiger partial charge in [0.05, 0.1) is 24.5 Å². The molecule has 0 spiro atoms. The summed E-state index contributed by atoms with van der Waals surface area (Å²) < 4.78 is 6.95. The minimum atomic E-state index is -0.204. The van der Waals surface area contributed by atoms with Crippen molar-refractivity contribution >= 4 is 11.5 Å². The highest BCUT2D eigenvalue weighted by Gasteiger charge is 2.10.